The first-order chi connectivity index (χ1) is 14.6. The smallest absolute Gasteiger partial charge is 0.255 e. The lowest BCUT2D eigenvalue weighted by Crippen LogP contribution is -2.25. The second kappa shape index (κ2) is 9.73. The van der Waals surface area contributed by atoms with Crippen LogP contribution < -0.4 is 10.0 Å². The minimum Gasteiger partial charge on any atom is -0.322 e. The average molecular weight is 522 g/mol. The summed E-state index contributed by atoms with van der Waals surface area (Å²) in [5.41, 5.74) is 0.792. The number of halogens is 5. The first kappa shape index (κ1) is 23.8. The van der Waals surface area contributed by atoms with Crippen molar-refractivity contribution in [3.05, 3.63) is 91.6 Å². The zero-order chi connectivity index (χ0) is 22.8. The van der Waals surface area contributed by atoms with Gasteiger partial charge in [0.15, 0.2) is 0 Å². The van der Waals surface area contributed by atoms with Gasteiger partial charge in [0, 0.05) is 17.8 Å². The number of anilines is 1. The number of carbonyl (C=O) groups is 1. The second-order valence-corrected chi connectivity index (χ2v) is 9.67. The van der Waals surface area contributed by atoms with Gasteiger partial charge >= 0.3 is 0 Å². The molecule has 0 aliphatic carbocycles. The highest BCUT2D eigenvalue weighted by Gasteiger charge is 2.21. The van der Waals surface area contributed by atoms with E-state index in [1.807, 2.05) is 0 Å². The van der Waals surface area contributed by atoms with Crippen LogP contribution in [0, 0.1) is 5.82 Å². The van der Waals surface area contributed by atoms with Crippen molar-refractivity contribution in [3.8, 4) is 0 Å². The highest BCUT2D eigenvalue weighted by atomic mass is 35.5. The van der Waals surface area contributed by atoms with Gasteiger partial charge in [0.2, 0.25) is 10.0 Å². The third-order valence-corrected chi connectivity index (χ3v) is 7.01. The average Bonchev–Trinajstić information content (AvgIpc) is 2.72. The Morgan fingerprint density at radius 1 is 0.839 bits per heavy atom. The highest BCUT2D eigenvalue weighted by molar-refractivity contribution is 7.89. The van der Waals surface area contributed by atoms with Gasteiger partial charge in [-0.05, 0) is 54.1 Å². The molecule has 0 bridgehead atoms. The lowest BCUT2D eigenvalue weighted by molar-refractivity contribution is 0.102. The summed E-state index contributed by atoms with van der Waals surface area (Å²) in [5, 5.41) is 3.66. The molecule has 0 saturated heterocycles. The van der Waals surface area contributed by atoms with E-state index in [1.54, 1.807) is 6.07 Å². The number of hydrogen-bond donors (Lipinski definition) is 2. The van der Waals surface area contributed by atoms with E-state index in [4.69, 9.17) is 46.4 Å². The molecule has 0 heterocycles. The van der Waals surface area contributed by atoms with Crippen LogP contribution in [0.5, 0.6) is 0 Å². The molecular weight excluding hydrogens is 509 g/mol. The van der Waals surface area contributed by atoms with Crippen LogP contribution in [0.4, 0.5) is 10.1 Å². The van der Waals surface area contributed by atoms with Gasteiger partial charge < -0.3 is 5.32 Å². The van der Waals surface area contributed by atoms with Crippen molar-refractivity contribution < 1.29 is 17.6 Å². The van der Waals surface area contributed by atoms with Gasteiger partial charge in [0.05, 0.1) is 20.1 Å². The van der Waals surface area contributed by atoms with E-state index in [2.05, 4.69) is 10.0 Å². The number of carbonyl (C=O) groups excluding carboxylic acids is 1. The van der Waals surface area contributed by atoms with Gasteiger partial charge in [-0.1, -0.05) is 52.5 Å². The Kier molecular flexibility index (Phi) is 7.47. The lowest BCUT2D eigenvalue weighted by atomic mass is 10.2. The Balaban J connectivity index is 1.80. The number of rotatable bonds is 6. The van der Waals surface area contributed by atoms with Crippen LogP contribution in [0.15, 0.2) is 59.5 Å². The standard InChI is InChI=1S/C20H13Cl4FN2O3S/c21-14-4-1-11(7-16(14)23)10-26-31(29,30)19-8-12(2-6-18(19)25)20(28)27-13-3-5-15(22)17(24)9-13/h1-9,26H,10H2,(H,27,28). The molecule has 0 atom stereocenters. The molecule has 3 aromatic carbocycles. The Bertz CT molecular complexity index is 1270. The maximum atomic E-state index is 14.3. The number of sulfonamides is 1. The van der Waals surface area contributed by atoms with Crippen molar-refractivity contribution in [1.82, 2.24) is 4.72 Å². The molecule has 0 aliphatic heterocycles. The molecule has 3 rings (SSSR count). The van der Waals surface area contributed by atoms with Gasteiger partial charge in [0.25, 0.3) is 5.91 Å². The summed E-state index contributed by atoms with van der Waals surface area (Å²) in [6, 6.07) is 12.0. The number of nitrogens with one attached hydrogen (secondary N) is 2. The Morgan fingerprint density at radius 3 is 2.13 bits per heavy atom. The summed E-state index contributed by atoms with van der Waals surface area (Å²) < 4.78 is 41.8. The molecular formula is C20H13Cl4FN2O3S. The monoisotopic (exact) mass is 520 g/mol. The number of amides is 1. The van der Waals surface area contributed by atoms with Crippen LogP contribution in [0.1, 0.15) is 15.9 Å². The van der Waals surface area contributed by atoms with Crippen LogP contribution in [-0.2, 0) is 16.6 Å². The van der Waals surface area contributed by atoms with Crippen LogP contribution in [0.3, 0.4) is 0 Å². The molecule has 31 heavy (non-hydrogen) atoms. The maximum Gasteiger partial charge on any atom is 0.255 e. The first-order valence-electron chi connectivity index (χ1n) is 8.56. The fraction of sp³-hybridized carbons (Fsp3) is 0.0500. The van der Waals surface area contributed by atoms with E-state index >= 15 is 0 Å². The summed E-state index contributed by atoms with van der Waals surface area (Å²) >= 11 is 23.5. The Hall–Kier alpha value is -1.87. The topological polar surface area (TPSA) is 75.3 Å². The van der Waals surface area contributed by atoms with Gasteiger partial charge in [-0.25, -0.2) is 17.5 Å². The van der Waals surface area contributed by atoms with Gasteiger partial charge in [-0.15, -0.1) is 0 Å². The minimum atomic E-state index is -4.27. The van der Waals surface area contributed by atoms with Crippen molar-refractivity contribution in [2.75, 3.05) is 5.32 Å². The zero-order valence-electron chi connectivity index (χ0n) is 15.4. The molecule has 2 N–H and O–H groups in total. The lowest BCUT2D eigenvalue weighted by Gasteiger charge is -2.11. The highest BCUT2D eigenvalue weighted by Crippen LogP contribution is 2.26. The normalized spacial score (nSPS) is 11.4. The van der Waals surface area contributed by atoms with E-state index in [0.717, 1.165) is 12.1 Å². The van der Waals surface area contributed by atoms with E-state index in [-0.39, 0.29) is 22.2 Å². The van der Waals surface area contributed by atoms with Crippen molar-refractivity contribution in [2.45, 2.75) is 11.4 Å². The first-order valence-corrected chi connectivity index (χ1v) is 11.6. The van der Waals surface area contributed by atoms with E-state index in [9.17, 15) is 17.6 Å². The zero-order valence-corrected chi connectivity index (χ0v) is 19.3. The fourth-order valence-electron chi connectivity index (χ4n) is 2.53. The minimum absolute atomic E-state index is 0.0672. The number of benzene rings is 3. The largest absolute Gasteiger partial charge is 0.322 e. The Morgan fingerprint density at radius 2 is 1.48 bits per heavy atom. The summed E-state index contributed by atoms with van der Waals surface area (Å²) in [7, 11) is -4.27. The second-order valence-electron chi connectivity index (χ2n) is 6.30. The van der Waals surface area contributed by atoms with Crippen molar-refractivity contribution in [3.63, 3.8) is 0 Å². The molecule has 0 aliphatic rings. The molecule has 0 unspecified atom stereocenters. The van der Waals surface area contributed by atoms with E-state index in [1.165, 1.54) is 36.4 Å². The summed E-state index contributed by atoms with van der Waals surface area (Å²) in [6.07, 6.45) is 0. The van der Waals surface area contributed by atoms with Crippen LogP contribution in [-0.4, -0.2) is 14.3 Å². The van der Waals surface area contributed by atoms with Crippen molar-refractivity contribution >= 4 is 68.0 Å². The molecule has 1 amide bonds. The van der Waals surface area contributed by atoms with Crippen molar-refractivity contribution in [1.29, 1.82) is 0 Å². The predicted molar refractivity (Wildman–Crippen MR) is 121 cm³/mol. The van der Waals surface area contributed by atoms with Gasteiger partial charge in [0.1, 0.15) is 10.7 Å². The molecule has 0 fully saturated rings. The quantitative estimate of drug-likeness (QED) is 0.407. The maximum absolute atomic E-state index is 14.3. The van der Waals surface area contributed by atoms with Crippen LogP contribution >= 0.6 is 46.4 Å². The molecule has 0 radical (unpaired) electrons. The molecule has 0 saturated carbocycles. The van der Waals surface area contributed by atoms with Crippen LogP contribution in [0.2, 0.25) is 20.1 Å². The van der Waals surface area contributed by atoms with E-state index in [0.29, 0.717) is 21.3 Å². The predicted octanol–water partition coefficient (Wildman–Crippen LogP) is 6.17. The number of hydrogen-bond acceptors (Lipinski definition) is 3. The summed E-state index contributed by atoms with van der Waals surface area (Å²) in [5.74, 6) is -1.66. The molecule has 11 heteroatoms. The summed E-state index contributed by atoms with van der Waals surface area (Å²) in [4.78, 5) is 11.8. The van der Waals surface area contributed by atoms with E-state index < -0.39 is 26.6 Å². The molecule has 162 valence electrons. The molecule has 0 spiro atoms. The molecule has 3 aromatic rings. The summed E-state index contributed by atoms with van der Waals surface area (Å²) in [6.45, 7) is -0.154. The third-order valence-electron chi connectivity index (χ3n) is 4.11. The van der Waals surface area contributed by atoms with Gasteiger partial charge in [-0.2, -0.15) is 0 Å². The third kappa shape index (κ3) is 5.88. The molecule has 0 aromatic heterocycles. The van der Waals surface area contributed by atoms with Crippen molar-refractivity contribution in [2.24, 2.45) is 0 Å². The fourth-order valence-corrected chi connectivity index (χ4v) is 4.27. The Labute approximate surface area is 198 Å². The van der Waals surface area contributed by atoms with Crippen LogP contribution in [0.25, 0.3) is 0 Å². The van der Waals surface area contributed by atoms with Gasteiger partial charge in [-0.3, -0.25) is 4.79 Å². The molecule has 5 nitrogen and oxygen atoms in total. The SMILES string of the molecule is O=C(Nc1ccc(Cl)c(Cl)c1)c1ccc(F)c(S(=O)(=O)NCc2ccc(Cl)c(Cl)c2)c1.